The quantitative estimate of drug-likeness (QED) is 0.561. The molecule has 0 spiro atoms. The first-order valence-corrected chi connectivity index (χ1v) is 6.40. The molecule has 0 aliphatic rings. The number of hydrogen-bond donors (Lipinski definition) is 3. The molecule has 0 aliphatic heterocycles. The van der Waals surface area contributed by atoms with Crippen LogP contribution in [0.5, 0.6) is 5.88 Å². The van der Waals surface area contributed by atoms with Gasteiger partial charge in [-0.2, -0.15) is 13.2 Å². The maximum absolute atomic E-state index is 12.7. The number of rotatable bonds is 6. The third-order valence-electron chi connectivity index (χ3n) is 2.59. The van der Waals surface area contributed by atoms with Gasteiger partial charge in [0.05, 0.1) is 0 Å². The van der Waals surface area contributed by atoms with Gasteiger partial charge in [0.15, 0.2) is 0 Å². The monoisotopic (exact) mass is 332 g/mol. The van der Waals surface area contributed by atoms with E-state index in [1.165, 1.54) is 12.1 Å². The van der Waals surface area contributed by atoms with Crippen LogP contribution in [0.3, 0.4) is 0 Å². The van der Waals surface area contributed by atoms with Gasteiger partial charge in [0.2, 0.25) is 5.88 Å². The number of aromatic nitrogens is 2. The Kier molecular flexibility index (Phi) is 5.04. The number of aromatic amines is 1. The zero-order chi connectivity index (χ0) is 16.9. The van der Waals surface area contributed by atoms with Crippen molar-refractivity contribution in [3.63, 3.8) is 0 Å². The Hall–Kier alpha value is -2.78. The van der Waals surface area contributed by atoms with Crippen molar-refractivity contribution in [3.05, 3.63) is 36.1 Å². The zero-order valence-corrected chi connectivity index (χ0v) is 11.6. The summed E-state index contributed by atoms with van der Waals surface area (Å²) < 4.78 is 54.1. The molecule has 0 atom stereocenters. The molecule has 3 N–H and O–H groups in total. The summed E-state index contributed by atoms with van der Waals surface area (Å²) in [4.78, 5) is 10.7. The van der Waals surface area contributed by atoms with Gasteiger partial charge in [-0.05, 0) is 24.3 Å². The van der Waals surface area contributed by atoms with Gasteiger partial charge in [-0.25, -0.2) is 4.39 Å². The second kappa shape index (κ2) is 6.99. The summed E-state index contributed by atoms with van der Waals surface area (Å²) in [5.41, 5.74) is 0.690. The molecular weight excluding hydrogens is 320 g/mol. The third kappa shape index (κ3) is 5.16. The highest BCUT2D eigenvalue weighted by molar-refractivity contribution is 5.94. The molecule has 1 heterocycles. The number of H-pyrrole nitrogens is 1. The first kappa shape index (κ1) is 16.6. The fourth-order valence-corrected chi connectivity index (χ4v) is 1.55. The second-order valence-corrected chi connectivity index (χ2v) is 4.35. The van der Waals surface area contributed by atoms with Crippen LogP contribution in [0.15, 0.2) is 30.3 Å². The molecule has 0 saturated carbocycles. The van der Waals surface area contributed by atoms with Gasteiger partial charge in [0, 0.05) is 18.3 Å². The first-order chi connectivity index (χ1) is 10.8. The van der Waals surface area contributed by atoms with Crippen molar-refractivity contribution in [1.29, 1.82) is 0 Å². The molecular formula is C13H12F4N4O2. The number of alkyl halides is 3. The van der Waals surface area contributed by atoms with Crippen LogP contribution in [0.25, 0.3) is 0 Å². The van der Waals surface area contributed by atoms with E-state index in [1.807, 2.05) is 0 Å². The lowest BCUT2D eigenvalue weighted by atomic mass is 10.3. The molecule has 0 unspecified atom stereocenters. The van der Waals surface area contributed by atoms with Crippen LogP contribution in [-0.2, 0) is 4.79 Å². The van der Waals surface area contributed by atoms with E-state index in [9.17, 15) is 22.4 Å². The second-order valence-electron chi connectivity index (χ2n) is 4.35. The summed E-state index contributed by atoms with van der Waals surface area (Å²) in [6.07, 6.45) is -4.98. The molecule has 124 valence electrons. The summed E-state index contributed by atoms with van der Waals surface area (Å²) in [5.74, 6) is -2.65. The van der Waals surface area contributed by atoms with Crippen molar-refractivity contribution < 1.29 is 27.1 Å². The number of hydrogen-bond acceptors (Lipinski definition) is 4. The highest BCUT2D eigenvalue weighted by Gasteiger charge is 2.39. The topological polar surface area (TPSA) is 79.0 Å². The number of nitrogens with zero attached hydrogens (tertiary/aromatic N) is 1. The molecule has 1 amide bonds. The number of halogens is 4. The molecule has 2 rings (SSSR count). The lowest BCUT2D eigenvalue weighted by Crippen LogP contribution is -2.30. The Labute approximate surface area is 127 Å². The standard InChI is InChI=1S/C13H12F4N4O2/c14-8-1-3-9(4-2-8)18-5-6-23-11-7-10(20-21-11)19-12(22)13(15,16)17/h1-4,7,18H,5-6H2,(H2,19,20,21,22). The molecule has 23 heavy (non-hydrogen) atoms. The molecule has 6 nitrogen and oxygen atoms in total. The molecule has 2 aromatic rings. The Bertz CT molecular complexity index is 655. The van der Waals surface area contributed by atoms with Crippen LogP contribution >= 0.6 is 0 Å². The Morgan fingerprint density at radius 1 is 1.26 bits per heavy atom. The highest BCUT2D eigenvalue weighted by Crippen LogP contribution is 2.19. The highest BCUT2D eigenvalue weighted by atomic mass is 19.4. The van der Waals surface area contributed by atoms with Gasteiger partial charge in [-0.15, -0.1) is 5.10 Å². The molecule has 1 aromatic heterocycles. The summed E-state index contributed by atoms with van der Waals surface area (Å²) in [6.45, 7) is 0.525. The van der Waals surface area contributed by atoms with Gasteiger partial charge in [0.1, 0.15) is 18.2 Å². The Balaban J connectivity index is 1.74. The number of anilines is 2. The molecule has 0 radical (unpaired) electrons. The van der Waals surface area contributed by atoms with Crippen LogP contribution in [0, 0.1) is 5.82 Å². The molecule has 0 bridgehead atoms. The summed E-state index contributed by atoms with van der Waals surface area (Å²) in [6, 6.07) is 6.82. The normalized spacial score (nSPS) is 11.1. The number of carbonyl (C=O) groups excluding carboxylic acids is 1. The van der Waals surface area contributed by atoms with Gasteiger partial charge in [-0.1, -0.05) is 0 Å². The lowest BCUT2D eigenvalue weighted by molar-refractivity contribution is -0.167. The van der Waals surface area contributed by atoms with Crippen molar-refractivity contribution >= 4 is 17.4 Å². The third-order valence-corrected chi connectivity index (χ3v) is 2.59. The number of benzene rings is 1. The van der Waals surface area contributed by atoms with Crippen LogP contribution in [-0.4, -0.2) is 35.4 Å². The average Bonchev–Trinajstić information content (AvgIpc) is 2.92. The maximum atomic E-state index is 12.7. The molecule has 10 heteroatoms. The zero-order valence-electron chi connectivity index (χ0n) is 11.6. The summed E-state index contributed by atoms with van der Waals surface area (Å²) >= 11 is 0. The first-order valence-electron chi connectivity index (χ1n) is 6.40. The van der Waals surface area contributed by atoms with Crippen molar-refractivity contribution in [3.8, 4) is 5.88 Å². The van der Waals surface area contributed by atoms with E-state index in [2.05, 4.69) is 15.5 Å². The van der Waals surface area contributed by atoms with Crippen LogP contribution in [0.2, 0.25) is 0 Å². The summed E-state index contributed by atoms with van der Waals surface area (Å²) in [7, 11) is 0. The number of ether oxygens (including phenoxy) is 1. The van der Waals surface area contributed by atoms with Crippen LogP contribution in [0.1, 0.15) is 0 Å². The minimum Gasteiger partial charge on any atom is -0.475 e. The van der Waals surface area contributed by atoms with Crippen molar-refractivity contribution in [2.75, 3.05) is 23.8 Å². The van der Waals surface area contributed by atoms with E-state index in [0.717, 1.165) is 6.07 Å². The summed E-state index contributed by atoms with van der Waals surface area (Å²) in [5, 5.41) is 10.4. The minimum absolute atomic E-state index is 0.0309. The largest absolute Gasteiger partial charge is 0.475 e. The van der Waals surface area contributed by atoms with E-state index in [0.29, 0.717) is 12.2 Å². The Morgan fingerprint density at radius 3 is 2.61 bits per heavy atom. The van der Waals surface area contributed by atoms with Gasteiger partial charge >= 0.3 is 12.1 Å². The predicted molar refractivity (Wildman–Crippen MR) is 73.7 cm³/mol. The number of carbonyl (C=O) groups is 1. The van der Waals surface area contributed by atoms with E-state index >= 15 is 0 Å². The van der Waals surface area contributed by atoms with Gasteiger partial charge in [-0.3, -0.25) is 9.89 Å². The van der Waals surface area contributed by atoms with Crippen molar-refractivity contribution in [2.45, 2.75) is 6.18 Å². The fourth-order valence-electron chi connectivity index (χ4n) is 1.55. The van der Waals surface area contributed by atoms with E-state index in [4.69, 9.17) is 4.74 Å². The molecule has 1 aromatic carbocycles. The predicted octanol–water partition coefficient (Wildman–Crippen LogP) is 2.54. The molecule has 0 aliphatic carbocycles. The smallest absolute Gasteiger partial charge is 0.471 e. The van der Waals surface area contributed by atoms with Crippen LogP contribution < -0.4 is 15.4 Å². The lowest BCUT2D eigenvalue weighted by Gasteiger charge is -2.06. The van der Waals surface area contributed by atoms with Crippen molar-refractivity contribution in [1.82, 2.24) is 10.2 Å². The van der Waals surface area contributed by atoms with Crippen molar-refractivity contribution in [2.24, 2.45) is 0 Å². The van der Waals surface area contributed by atoms with Crippen LogP contribution in [0.4, 0.5) is 29.1 Å². The molecule has 0 fully saturated rings. The SMILES string of the molecule is O=C(Nc1cc(OCCNc2ccc(F)cc2)n[nH]1)C(F)(F)F. The van der Waals surface area contributed by atoms with E-state index in [-0.39, 0.29) is 24.1 Å². The average molecular weight is 332 g/mol. The van der Waals surface area contributed by atoms with Gasteiger partial charge < -0.3 is 15.4 Å². The Morgan fingerprint density at radius 2 is 1.96 bits per heavy atom. The minimum atomic E-state index is -4.98. The fraction of sp³-hybridized carbons (Fsp3) is 0.231. The molecule has 0 saturated heterocycles. The number of nitrogens with one attached hydrogen (secondary N) is 3. The van der Waals surface area contributed by atoms with Gasteiger partial charge in [0.25, 0.3) is 0 Å². The van der Waals surface area contributed by atoms with E-state index in [1.54, 1.807) is 17.4 Å². The maximum Gasteiger partial charge on any atom is 0.471 e. The van der Waals surface area contributed by atoms with E-state index < -0.39 is 12.1 Å². The number of amides is 1.